The standard InChI is InChI=1S/C19H26O6/c1-11-9-13-6-4-8-15(21)18(23)14(20)7-3-5-12(2)25-19(24)17(13)16(22)10-11/h3-4,6-7,10,12-13,15-18,21-23H,5,8-9H2,1-2H3/b6-4+,7-3-/t12-,13?,15-,16?,17?,18+/m0/s1. The average molecular weight is 350 g/mol. The van der Waals surface area contributed by atoms with Crippen LogP contribution < -0.4 is 0 Å². The number of rotatable bonds is 0. The van der Waals surface area contributed by atoms with Crippen LogP contribution in [-0.2, 0) is 14.3 Å². The molecule has 1 aliphatic heterocycles. The Morgan fingerprint density at radius 3 is 2.56 bits per heavy atom. The number of ketones is 1. The molecule has 2 rings (SSSR count). The highest BCUT2D eigenvalue weighted by atomic mass is 16.5. The molecule has 0 spiro atoms. The molecule has 138 valence electrons. The van der Waals surface area contributed by atoms with Crippen LogP contribution in [-0.4, -0.2) is 51.5 Å². The number of ether oxygens (including phenoxy) is 1. The van der Waals surface area contributed by atoms with E-state index < -0.39 is 42.1 Å². The van der Waals surface area contributed by atoms with Gasteiger partial charge in [0, 0.05) is 6.42 Å². The summed E-state index contributed by atoms with van der Waals surface area (Å²) in [6, 6.07) is 0. The van der Waals surface area contributed by atoms with Gasteiger partial charge in [-0.1, -0.05) is 29.9 Å². The summed E-state index contributed by atoms with van der Waals surface area (Å²) in [5.41, 5.74) is 0.971. The van der Waals surface area contributed by atoms with E-state index in [0.717, 1.165) is 5.57 Å². The number of cyclic esters (lactones) is 1. The lowest BCUT2D eigenvalue weighted by molar-refractivity contribution is -0.158. The maximum atomic E-state index is 12.5. The van der Waals surface area contributed by atoms with Gasteiger partial charge in [-0.2, -0.15) is 0 Å². The molecule has 0 aromatic rings. The number of hydrogen-bond acceptors (Lipinski definition) is 6. The van der Waals surface area contributed by atoms with Crippen LogP contribution in [0.1, 0.15) is 33.1 Å². The summed E-state index contributed by atoms with van der Waals surface area (Å²) >= 11 is 0. The van der Waals surface area contributed by atoms with Gasteiger partial charge in [-0.3, -0.25) is 9.59 Å². The number of aliphatic hydroxyl groups excluding tert-OH is 3. The van der Waals surface area contributed by atoms with E-state index in [4.69, 9.17) is 4.74 Å². The van der Waals surface area contributed by atoms with E-state index in [2.05, 4.69) is 0 Å². The van der Waals surface area contributed by atoms with Crippen molar-refractivity contribution in [3.05, 3.63) is 36.0 Å². The Bertz CT molecular complexity index is 591. The molecule has 0 aromatic carbocycles. The van der Waals surface area contributed by atoms with Crippen LogP contribution in [0.25, 0.3) is 0 Å². The van der Waals surface area contributed by atoms with Gasteiger partial charge in [0.1, 0.15) is 12.2 Å². The number of carbonyl (C=O) groups is 2. The number of hydrogen-bond donors (Lipinski definition) is 3. The van der Waals surface area contributed by atoms with Gasteiger partial charge in [-0.05, 0) is 38.7 Å². The van der Waals surface area contributed by atoms with Gasteiger partial charge in [0.05, 0.1) is 18.1 Å². The first kappa shape index (κ1) is 19.6. The lowest BCUT2D eigenvalue weighted by atomic mass is 9.77. The minimum absolute atomic E-state index is 0.0777. The zero-order chi connectivity index (χ0) is 18.6. The van der Waals surface area contributed by atoms with Crippen molar-refractivity contribution in [2.24, 2.45) is 11.8 Å². The number of allylic oxidation sites excluding steroid dienone is 2. The Hall–Kier alpha value is -1.76. The second-order valence-electron chi connectivity index (χ2n) is 6.86. The number of esters is 1. The molecule has 1 heterocycles. The molecule has 3 N–H and O–H groups in total. The fourth-order valence-corrected chi connectivity index (χ4v) is 3.23. The van der Waals surface area contributed by atoms with Crippen molar-refractivity contribution in [2.45, 2.75) is 57.5 Å². The van der Waals surface area contributed by atoms with Gasteiger partial charge >= 0.3 is 5.97 Å². The van der Waals surface area contributed by atoms with E-state index in [1.807, 2.05) is 6.92 Å². The number of carbonyl (C=O) groups excluding carboxylic acids is 2. The van der Waals surface area contributed by atoms with Gasteiger partial charge in [-0.15, -0.1) is 0 Å². The van der Waals surface area contributed by atoms with Gasteiger partial charge in [0.25, 0.3) is 0 Å². The van der Waals surface area contributed by atoms with Gasteiger partial charge in [0.15, 0.2) is 5.78 Å². The number of fused-ring (bicyclic) bond motifs is 1. The summed E-state index contributed by atoms with van der Waals surface area (Å²) in [5, 5.41) is 30.1. The lowest BCUT2D eigenvalue weighted by Gasteiger charge is -2.31. The van der Waals surface area contributed by atoms with Gasteiger partial charge in [-0.25, -0.2) is 0 Å². The predicted octanol–water partition coefficient (Wildman–Crippen LogP) is 1.06. The molecule has 0 fully saturated rings. The molecule has 0 radical (unpaired) electrons. The van der Waals surface area contributed by atoms with E-state index >= 15 is 0 Å². The molecule has 0 saturated heterocycles. The summed E-state index contributed by atoms with van der Waals surface area (Å²) in [7, 11) is 0. The van der Waals surface area contributed by atoms with Crippen molar-refractivity contribution in [1.82, 2.24) is 0 Å². The Balaban J connectivity index is 2.27. The summed E-state index contributed by atoms with van der Waals surface area (Å²) < 4.78 is 5.42. The Labute approximate surface area is 147 Å². The predicted molar refractivity (Wildman–Crippen MR) is 91.4 cm³/mol. The molecule has 0 bridgehead atoms. The van der Waals surface area contributed by atoms with Crippen molar-refractivity contribution in [3.63, 3.8) is 0 Å². The van der Waals surface area contributed by atoms with Crippen LogP contribution in [0.2, 0.25) is 0 Å². The second kappa shape index (κ2) is 8.56. The maximum Gasteiger partial charge on any atom is 0.312 e. The van der Waals surface area contributed by atoms with E-state index in [9.17, 15) is 24.9 Å². The number of aliphatic hydroxyl groups is 3. The van der Waals surface area contributed by atoms with Gasteiger partial charge in [0.2, 0.25) is 0 Å². The molecule has 3 unspecified atom stereocenters. The van der Waals surface area contributed by atoms with E-state index in [1.165, 1.54) is 12.2 Å². The Kier molecular flexibility index (Phi) is 6.70. The Morgan fingerprint density at radius 1 is 1.12 bits per heavy atom. The third kappa shape index (κ3) is 5.11. The molecule has 2 aliphatic rings. The van der Waals surface area contributed by atoms with E-state index in [-0.39, 0.29) is 12.3 Å². The monoisotopic (exact) mass is 350 g/mol. The van der Waals surface area contributed by atoms with Crippen LogP contribution in [0.4, 0.5) is 0 Å². The summed E-state index contributed by atoms with van der Waals surface area (Å²) in [6.45, 7) is 3.58. The van der Waals surface area contributed by atoms with Crippen LogP contribution in [0.15, 0.2) is 36.0 Å². The Morgan fingerprint density at radius 2 is 1.84 bits per heavy atom. The molecular formula is C19H26O6. The summed E-state index contributed by atoms with van der Waals surface area (Å²) in [4.78, 5) is 24.3. The van der Waals surface area contributed by atoms with Crippen molar-refractivity contribution in [2.75, 3.05) is 0 Å². The fraction of sp³-hybridized carbons (Fsp3) is 0.579. The largest absolute Gasteiger partial charge is 0.462 e. The SMILES string of the molecule is CC1=CC(O)C2C(=O)O[C@@H](C)C/C=C\C(=O)[C@@H](O)[C@@H](O)C/C=C/C2C1. The normalized spacial score (nSPS) is 40.3. The third-order valence-corrected chi connectivity index (χ3v) is 4.60. The summed E-state index contributed by atoms with van der Waals surface area (Å²) in [5.74, 6) is -2.03. The highest BCUT2D eigenvalue weighted by molar-refractivity contribution is 5.93. The summed E-state index contributed by atoms with van der Waals surface area (Å²) in [6.07, 6.45) is 4.63. The highest BCUT2D eigenvalue weighted by Gasteiger charge is 2.37. The van der Waals surface area contributed by atoms with E-state index in [1.54, 1.807) is 25.2 Å². The molecular weight excluding hydrogens is 324 g/mol. The molecule has 6 heteroatoms. The zero-order valence-corrected chi connectivity index (χ0v) is 14.5. The van der Waals surface area contributed by atoms with Crippen molar-refractivity contribution in [3.8, 4) is 0 Å². The van der Waals surface area contributed by atoms with Crippen LogP contribution in [0.5, 0.6) is 0 Å². The first-order valence-corrected chi connectivity index (χ1v) is 8.58. The smallest absolute Gasteiger partial charge is 0.312 e. The molecule has 25 heavy (non-hydrogen) atoms. The van der Waals surface area contributed by atoms with Gasteiger partial charge < -0.3 is 20.1 Å². The van der Waals surface area contributed by atoms with Crippen molar-refractivity contribution < 1.29 is 29.6 Å². The molecule has 6 atom stereocenters. The molecule has 0 saturated carbocycles. The minimum atomic E-state index is -1.49. The topological polar surface area (TPSA) is 104 Å². The first-order valence-electron chi connectivity index (χ1n) is 8.58. The molecule has 0 aromatic heterocycles. The van der Waals surface area contributed by atoms with Crippen molar-refractivity contribution in [1.29, 1.82) is 0 Å². The average Bonchev–Trinajstić information content (AvgIpc) is 2.52. The van der Waals surface area contributed by atoms with Crippen LogP contribution in [0, 0.1) is 11.8 Å². The van der Waals surface area contributed by atoms with E-state index in [0.29, 0.717) is 12.8 Å². The first-order chi connectivity index (χ1) is 11.8. The second-order valence-corrected chi connectivity index (χ2v) is 6.86. The van der Waals surface area contributed by atoms with Crippen LogP contribution >= 0.6 is 0 Å². The quantitative estimate of drug-likeness (QED) is 0.446. The minimum Gasteiger partial charge on any atom is -0.462 e. The maximum absolute atomic E-state index is 12.5. The van der Waals surface area contributed by atoms with Crippen LogP contribution in [0.3, 0.4) is 0 Å². The highest BCUT2D eigenvalue weighted by Crippen LogP contribution is 2.32. The fourth-order valence-electron chi connectivity index (χ4n) is 3.23. The molecule has 6 nitrogen and oxygen atoms in total. The molecule has 0 amide bonds. The molecule has 1 aliphatic carbocycles. The third-order valence-electron chi connectivity index (χ3n) is 4.60. The van der Waals surface area contributed by atoms with Crippen molar-refractivity contribution >= 4 is 11.8 Å². The zero-order valence-electron chi connectivity index (χ0n) is 14.5. The lowest BCUT2D eigenvalue weighted by Crippen LogP contribution is -2.38.